The quantitative estimate of drug-likeness (QED) is 0.185. The highest BCUT2D eigenvalue weighted by atomic mass is 31.2. The van der Waals surface area contributed by atoms with Crippen molar-refractivity contribution in [1.82, 2.24) is 19.5 Å². The van der Waals surface area contributed by atoms with Gasteiger partial charge in [-0.05, 0) is 0 Å². The SMILES string of the molecule is Nc1ncnc2c1ncn2CCOCP(=O)(O)OC[C@H]1OC(O)[C@@H](O)[C@@H](O)[C@@H]1O. The summed E-state index contributed by atoms with van der Waals surface area (Å²) in [5.41, 5.74) is 6.62. The molecule has 1 aliphatic rings. The lowest BCUT2D eigenvalue weighted by Crippen LogP contribution is -2.58. The largest absolute Gasteiger partial charge is 0.387 e. The van der Waals surface area contributed by atoms with E-state index in [9.17, 15) is 29.9 Å². The van der Waals surface area contributed by atoms with Gasteiger partial charge in [-0.15, -0.1) is 0 Å². The van der Waals surface area contributed by atoms with Crippen LogP contribution in [0.1, 0.15) is 0 Å². The second-order valence-corrected chi connectivity index (χ2v) is 8.17. The third-order valence-electron chi connectivity index (χ3n) is 4.29. The number of ether oxygens (including phenoxy) is 2. The van der Waals surface area contributed by atoms with Gasteiger partial charge in [-0.2, -0.15) is 0 Å². The van der Waals surface area contributed by atoms with Gasteiger partial charge in [-0.25, -0.2) is 15.0 Å². The number of imidazole rings is 1. The molecule has 15 heteroatoms. The summed E-state index contributed by atoms with van der Waals surface area (Å²) in [4.78, 5) is 21.8. The highest BCUT2D eigenvalue weighted by Gasteiger charge is 2.43. The minimum Gasteiger partial charge on any atom is -0.387 e. The number of fused-ring (bicyclic) bond motifs is 1. The molecule has 1 fully saturated rings. The number of rotatable bonds is 8. The molecule has 0 amide bonds. The molecule has 3 heterocycles. The van der Waals surface area contributed by atoms with Gasteiger partial charge < -0.3 is 49.6 Å². The van der Waals surface area contributed by atoms with Crippen LogP contribution < -0.4 is 5.73 Å². The molecule has 162 valence electrons. The fraction of sp³-hybridized carbons (Fsp3) is 0.643. The summed E-state index contributed by atoms with van der Waals surface area (Å²) in [6, 6.07) is 0. The zero-order valence-corrected chi connectivity index (χ0v) is 15.9. The van der Waals surface area contributed by atoms with Gasteiger partial charge in [0.15, 0.2) is 17.8 Å². The third-order valence-corrected chi connectivity index (χ3v) is 5.35. The summed E-state index contributed by atoms with van der Waals surface area (Å²) in [5.74, 6) is 0.234. The number of hydrogen-bond donors (Lipinski definition) is 6. The zero-order valence-electron chi connectivity index (χ0n) is 15.1. The molecule has 14 nitrogen and oxygen atoms in total. The van der Waals surface area contributed by atoms with Gasteiger partial charge in [0.25, 0.3) is 0 Å². The van der Waals surface area contributed by atoms with Crippen LogP contribution in [0.5, 0.6) is 0 Å². The maximum absolute atomic E-state index is 12.0. The van der Waals surface area contributed by atoms with Crippen molar-refractivity contribution in [2.45, 2.75) is 37.3 Å². The van der Waals surface area contributed by atoms with Gasteiger partial charge in [0, 0.05) is 6.54 Å². The molecule has 0 saturated carbocycles. The smallest absolute Gasteiger partial charge is 0.353 e. The first-order valence-electron chi connectivity index (χ1n) is 8.53. The Bertz CT molecular complexity index is 882. The van der Waals surface area contributed by atoms with Crippen molar-refractivity contribution in [2.24, 2.45) is 0 Å². The number of aliphatic hydroxyl groups excluding tert-OH is 4. The normalized spacial score (nSPS) is 29.8. The molecule has 2 aromatic rings. The first kappa shape index (κ1) is 22.0. The van der Waals surface area contributed by atoms with Gasteiger partial charge in [0.05, 0.1) is 19.5 Å². The molecule has 6 atom stereocenters. The molecule has 0 radical (unpaired) electrons. The van der Waals surface area contributed by atoms with Crippen LogP contribution in [-0.4, -0.2) is 95.1 Å². The van der Waals surface area contributed by atoms with Crippen molar-refractivity contribution in [3.05, 3.63) is 12.7 Å². The van der Waals surface area contributed by atoms with Crippen LogP contribution in [0.2, 0.25) is 0 Å². The summed E-state index contributed by atoms with van der Waals surface area (Å²) >= 11 is 0. The average molecular weight is 435 g/mol. The molecule has 1 saturated heterocycles. The second kappa shape index (κ2) is 8.95. The van der Waals surface area contributed by atoms with E-state index in [0.29, 0.717) is 11.2 Å². The van der Waals surface area contributed by atoms with Crippen LogP contribution in [0.25, 0.3) is 11.2 Å². The Morgan fingerprint density at radius 3 is 2.69 bits per heavy atom. The van der Waals surface area contributed by atoms with Gasteiger partial charge in [0.2, 0.25) is 0 Å². The lowest BCUT2D eigenvalue weighted by atomic mass is 10.00. The predicted octanol–water partition coefficient (Wildman–Crippen LogP) is -2.62. The summed E-state index contributed by atoms with van der Waals surface area (Å²) in [6.45, 7) is -0.301. The van der Waals surface area contributed by atoms with E-state index in [-0.39, 0.29) is 19.0 Å². The number of aromatic nitrogens is 4. The number of hydrogen-bond acceptors (Lipinski definition) is 12. The van der Waals surface area contributed by atoms with Crippen molar-refractivity contribution in [3.8, 4) is 0 Å². The lowest BCUT2D eigenvalue weighted by Gasteiger charge is -2.38. The highest BCUT2D eigenvalue weighted by molar-refractivity contribution is 7.52. The molecule has 0 bridgehead atoms. The van der Waals surface area contributed by atoms with Crippen molar-refractivity contribution >= 4 is 24.6 Å². The predicted molar refractivity (Wildman–Crippen MR) is 95.2 cm³/mol. The van der Waals surface area contributed by atoms with E-state index in [1.54, 1.807) is 4.57 Å². The van der Waals surface area contributed by atoms with E-state index in [2.05, 4.69) is 15.0 Å². The summed E-state index contributed by atoms with van der Waals surface area (Å²) in [5, 5.41) is 38.2. The first-order chi connectivity index (χ1) is 13.7. The minimum atomic E-state index is -4.21. The maximum Gasteiger partial charge on any atom is 0.353 e. The Labute approximate surface area is 164 Å². The fourth-order valence-corrected chi connectivity index (χ4v) is 3.52. The van der Waals surface area contributed by atoms with Gasteiger partial charge >= 0.3 is 7.60 Å². The van der Waals surface area contributed by atoms with E-state index in [1.165, 1.54) is 12.7 Å². The highest BCUT2D eigenvalue weighted by Crippen LogP contribution is 2.42. The van der Waals surface area contributed by atoms with Gasteiger partial charge in [-0.1, -0.05) is 0 Å². The van der Waals surface area contributed by atoms with Crippen LogP contribution in [-0.2, 0) is 25.1 Å². The van der Waals surface area contributed by atoms with Crippen molar-refractivity contribution in [1.29, 1.82) is 0 Å². The Balaban J connectivity index is 1.45. The van der Waals surface area contributed by atoms with Crippen LogP contribution in [0, 0.1) is 0 Å². The Morgan fingerprint density at radius 1 is 1.17 bits per heavy atom. The number of nitrogens with zero attached hydrogens (tertiary/aromatic N) is 4. The topological polar surface area (TPSA) is 216 Å². The van der Waals surface area contributed by atoms with E-state index < -0.39 is 51.3 Å². The van der Waals surface area contributed by atoms with Crippen molar-refractivity contribution in [3.63, 3.8) is 0 Å². The number of nitrogens with two attached hydrogens (primary N) is 1. The van der Waals surface area contributed by atoms with Crippen LogP contribution in [0.3, 0.4) is 0 Å². The number of anilines is 1. The van der Waals surface area contributed by atoms with Crippen LogP contribution in [0.4, 0.5) is 5.82 Å². The molecule has 7 N–H and O–H groups in total. The number of nitrogen functional groups attached to an aromatic ring is 1. The lowest BCUT2D eigenvalue weighted by molar-refractivity contribution is -0.285. The molecular formula is C14H22N5O9P. The molecule has 0 spiro atoms. The molecule has 2 aromatic heterocycles. The van der Waals surface area contributed by atoms with Crippen molar-refractivity contribution in [2.75, 3.05) is 25.3 Å². The molecule has 29 heavy (non-hydrogen) atoms. The summed E-state index contributed by atoms with van der Waals surface area (Å²) in [7, 11) is -4.21. The Hall–Kier alpha value is -1.74. The van der Waals surface area contributed by atoms with E-state index in [1.807, 2.05) is 0 Å². The van der Waals surface area contributed by atoms with E-state index in [0.717, 1.165) is 0 Å². The maximum atomic E-state index is 12.0. The van der Waals surface area contributed by atoms with E-state index in [4.69, 9.17) is 19.7 Å². The standard InChI is InChI=1S/C14H22N5O9P/c15-12-8-13(17-4-16-12)19(5-18-8)1-2-26-6-29(24,25)27-3-7-9(20)10(21)11(22)14(23)28-7/h4-5,7,9-11,14,20-23H,1-3,6H2,(H,24,25)(H2,15,16,17)/t7-,9-,10+,11+,14?/m1/s1. The van der Waals surface area contributed by atoms with Gasteiger partial charge in [0.1, 0.15) is 42.6 Å². The molecule has 3 rings (SSSR count). The molecule has 1 aliphatic heterocycles. The Morgan fingerprint density at radius 2 is 1.93 bits per heavy atom. The first-order valence-corrected chi connectivity index (χ1v) is 10.3. The van der Waals surface area contributed by atoms with E-state index >= 15 is 0 Å². The molecule has 2 unspecified atom stereocenters. The van der Waals surface area contributed by atoms with Crippen molar-refractivity contribution < 1.29 is 43.9 Å². The summed E-state index contributed by atoms with van der Waals surface area (Å²) in [6.07, 6.45) is -5.95. The zero-order chi connectivity index (χ0) is 21.2. The molecule has 0 aromatic carbocycles. The third kappa shape index (κ3) is 5.06. The number of aliphatic hydroxyl groups is 4. The van der Waals surface area contributed by atoms with Gasteiger partial charge in [-0.3, -0.25) is 4.57 Å². The summed E-state index contributed by atoms with van der Waals surface area (Å²) < 4.78 is 28.6. The molecular weight excluding hydrogens is 413 g/mol. The Kier molecular flexibility index (Phi) is 6.78. The second-order valence-electron chi connectivity index (χ2n) is 6.38. The van der Waals surface area contributed by atoms with Crippen LogP contribution >= 0.6 is 7.60 Å². The minimum absolute atomic E-state index is 0.0372. The average Bonchev–Trinajstić information content (AvgIpc) is 3.10. The fourth-order valence-electron chi connectivity index (χ4n) is 2.70. The molecule has 0 aliphatic carbocycles. The monoisotopic (exact) mass is 435 g/mol. The van der Waals surface area contributed by atoms with Crippen LogP contribution in [0.15, 0.2) is 12.7 Å².